The Bertz CT molecular complexity index is 336. The molecule has 0 unspecified atom stereocenters. The molecule has 0 spiro atoms. The van der Waals surface area contributed by atoms with Crippen LogP contribution in [0.15, 0.2) is 12.3 Å². The van der Waals surface area contributed by atoms with Crippen LogP contribution >= 0.6 is 0 Å². The Morgan fingerprint density at radius 1 is 1.35 bits per heavy atom. The first-order valence-electron chi connectivity index (χ1n) is 6.28. The zero-order valence-electron chi connectivity index (χ0n) is 11.4. The minimum Gasteiger partial charge on any atom is -0.369 e. The van der Waals surface area contributed by atoms with Crippen LogP contribution in [-0.4, -0.2) is 30.1 Å². The van der Waals surface area contributed by atoms with Crippen LogP contribution < -0.4 is 10.6 Å². The highest BCUT2D eigenvalue weighted by Crippen LogP contribution is 2.19. The number of hydrogen-bond acceptors (Lipinski definition) is 4. The van der Waals surface area contributed by atoms with Crippen molar-refractivity contribution in [2.24, 2.45) is 5.41 Å². The van der Waals surface area contributed by atoms with Crippen molar-refractivity contribution in [3.8, 4) is 0 Å². The van der Waals surface area contributed by atoms with E-state index in [1.54, 1.807) is 0 Å². The number of likely N-dealkylation sites (N-methyl/N-ethyl adjacent to an activating group) is 1. The summed E-state index contributed by atoms with van der Waals surface area (Å²) in [4.78, 5) is 8.74. The number of rotatable bonds is 7. The van der Waals surface area contributed by atoms with E-state index in [-0.39, 0.29) is 0 Å². The van der Waals surface area contributed by atoms with Crippen LogP contribution in [0, 0.1) is 5.41 Å². The maximum atomic E-state index is 4.49. The van der Waals surface area contributed by atoms with Crippen molar-refractivity contribution in [2.45, 2.75) is 33.6 Å². The van der Waals surface area contributed by atoms with E-state index in [0.29, 0.717) is 5.41 Å². The molecule has 17 heavy (non-hydrogen) atoms. The van der Waals surface area contributed by atoms with Crippen LogP contribution in [0.3, 0.4) is 0 Å². The molecular formula is C13H24N4. The number of nitrogens with one attached hydrogen (secondary N) is 2. The monoisotopic (exact) mass is 236 g/mol. The van der Waals surface area contributed by atoms with E-state index in [4.69, 9.17) is 0 Å². The molecule has 1 heterocycles. The fraction of sp³-hybridized carbons (Fsp3) is 0.692. The highest BCUT2D eigenvalue weighted by Gasteiger charge is 2.14. The van der Waals surface area contributed by atoms with Crippen LogP contribution in [0.25, 0.3) is 0 Å². The Morgan fingerprint density at radius 2 is 2.12 bits per heavy atom. The molecule has 0 aliphatic heterocycles. The van der Waals surface area contributed by atoms with E-state index in [0.717, 1.165) is 37.6 Å². The molecule has 1 rings (SSSR count). The molecule has 0 bridgehead atoms. The molecule has 0 aliphatic carbocycles. The van der Waals surface area contributed by atoms with Gasteiger partial charge in [0.15, 0.2) is 0 Å². The molecule has 0 radical (unpaired) electrons. The van der Waals surface area contributed by atoms with E-state index in [2.05, 4.69) is 41.4 Å². The summed E-state index contributed by atoms with van der Waals surface area (Å²) in [5, 5.41) is 6.48. The van der Waals surface area contributed by atoms with Crippen LogP contribution in [0.4, 0.5) is 5.82 Å². The van der Waals surface area contributed by atoms with Gasteiger partial charge in [-0.2, -0.15) is 0 Å². The Hall–Kier alpha value is -1.16. The van der Waals surface area contributed by atoms with Crippen molar-refractivity contribution < 1.29 is 0 Å². The molecule has 0 atom stereocenters. The van der Waals surface area contributed by atoms with Crippen molar-refractivity contribution in [3.05, 3.63) is 18.1 Å². The van der Waals surface area contributed by atoms with E-state index in [1.165, 1.54) is 0 Å². The van der Waals surface area contributed by atoms with E-state index in [9.17, 15) is 0 Å². The fourth-order valence-corrected chi connectivity index (χ4v) is 1.31. The largest absolute Gasteiger partial charge is 0.369 e. The molecule has 0 aliphatic rings. The summed E-state index contributed by atoms with van der Waals surface area (Å²) >= 11 is 0. The van der Waals surface area contributed by atoms with Crippen molar-refractivity contribution >= 4 is 5.82 Å². The van der Waals surface area contributed by atoms with Gasteiger partial charge in [-0.05, 0) is 24.9 Å². The highest BCUT2D eigenvalue weighted by atomic mass is 15.0. The lowest BCUT2D eigenvalue weighted by Crippen LogP contribution is -2.22. The molecule has 0 aromatic carbocycles. The topological polar surface area (TPSA) is 49.8 Å². The molecule has 0 fully saturated rings. The van der Waals surface area contributed by atoms with Gasteiger partial charge in [-0.1, -0.05) is 20.8 Å². The molecule has 1 aromatic heterocycles. The molecule has 96 valence electrons. The molecule has 0 saturated heterocycles. The minimum atomic E-state index is 0.302. The molecule has 1 aromatic rings. The summed E-state index contributed by atoms with van der Waals surface area (Å²) in [5.41, 5.74) is 0.302. The summed E-state index contributed by atoms with van der Waals surface area (Å²) in [6.45, 7) is 8.56. The summed E-state index contributed by atoms with van der Waals surface area (Å²) in [6, 6.07) is 1.93. The lowest BCUT2D eigenvalue weighted by atomic mass is 9.90. The number of anilines is 1. The summed E-state index contributed by atoms with van der Waals surface area (Å²) < 4.78 is 0. The van der Waals surface area contributed by atoms with E-state index < -0.39 is 0 Å². The van der Waals surface area contributed by atoms with Gasteiger partial charge in [0.2, 0.25) is 0 Å². The Balaban J connectivity index is 2.53. The standard InChI is InChI=1S/C13H24N4/c1-5-13(2,3)10-16-12-7-9-15-11(17-12)6-8-14-4/h7,9,14H,5-6,8,10H2,1-4H3,(H,15,16,17). The zero-order valence-corrected chi connectivity index (χ0v) is 11.4. The van der Waals surface area contributed by atoms with Gasteiger partial charge >= 0.3 is 0 Å². The van der Waals surface area contributed by atoms with Crippen LogP contribution in [0.5, 0.6) is 0 Å². The number of nitrogens with zero attached hydrogens (tertiary/aromatic N) is 2. The third-order valence-corrected chi connectivity index (χ3v) is 3.01. The predicted octanol–water partition coefficient (Wildman–Crippen LogP) is 2.09. The molecule has 0 saturated carbocycles. The van der Waals surface area contributed by atoms with Gasteiger partial charge < -0.3 is 10.6 Å². The summed E-state index contributed by atoms with van der Waals surface area (Å²) in [7, 11) is 1.94. The zero-order chi connectivity index (χ0) is 12.7. The van der Waals surface area contributed by atoms with Gasteiger partial charge in [0.05, 0.1) is 0 Å². The Labute approximate surface area is 104 Å². The first kappa shape index (κ1) is 13.9. The second-order valence-corrected chi connectivity index (χ2v) is 5.08. The van der Waals surface area contributed by atoms with Gasteiger partial charge in [0.1, 0.15) is 11.6 Å². The maximum Gasteiger partial charge on any atom is 0.131 e. The average Bonchev–Trinajstić information content (AvgIpc) is 2.35. The third kappa shape index (κ3) is 5.13. The summed E-state index contributed by atoms with van der Waals surface area (Å²) in [5.74, 6) is 1.81. The lowest BCUT2D eigenvalue weighted by Gasteiger charge is -2.23. The first-order chi connectivity index (χ1) is 8.07. The predicted molar refractivity (Wildman–Crippen MR) is 72.2 cm³/mol. The van der Waals surface area contributed by atoms with Crippen molar-refractivity contribution in [1.29, 1.82) is 0 Å². The van der Waals surface area contributed by atoms with E-state index >= 15 is 0 Å². The van der Waals surface area contributed by atoms with Crippen molar-refractivity contribution in [3.63, 3.8) is 0 Å². The van der Waals surface area contributed by atoms with Gasteiger partial charge in [-0.3, -0.25) is 0 Å². The van der Waals surface area contributed by atoms with Gasteiger partial charge in [-0.15, -0.1) is 0 Å². The maximum absolute atomic E-state index is 4.49. The van der Waals surface area contributed by atoms with Gasteiger partial charge in [-0.25, -0.2) is 9.97 Å². The smallest absolute Gasteiger partial charge is 0.131 e. The number of hydrogen-bond donors (Lipinski definition) is 2. The SMILES string of the molecule is CCC(C)(C)CNc1ccnc(CCNC)n1. The van der Waals surface area contributed by atoms with Crippen LogP contribution in [-0.2, 0) is 6.42 Å². The van der Waals surface area contributed by atoms with Crippen LogP contribution in [0.2, 0.25) is 0 Å². The second-order valence-electron chi connectivity index (χ2n) is 5.08. The molecule has 0 amide bonds. The molecule has 4 nitrogen and oxygen atoms in total. The van der Waals surface area contributed by atoms with Crippen LogP contribution in [0.1, 0.15) is 33.0 Å². The molecule has 2 N–H and O–H groups in total. The molecular weight excluding hydrogens is 212 g/mol. The highest BCUT2D eigenvalue weighted by molar-refractivity contribution is 5.33. The lowest BCUT2D eigenvalue weighted by molar-refractivity contribution is 0.376. The quantitative estimate of drug-likeness (QED) is 0.761. The van der Waals surface area contributed by atoms with Crippen molar-refractivity contribution in [2.75, 3.05) is 25.5 Å². The van der Waals surface area contributed by atoms with Gasteiger partial charge in [0, 0.05) is 25.7 Å². The van der Waals surface area contributed by atoms with Gasteiger partial charge in [0.25, 0.3) is 0 Å². The summed E-state index contributed by atoms with van der Waals surface area (Å²) in [6.07, 6.45) is 3.83. The second kappa shape index (κ2) is 6.55. The third-order valence-electron chi connectivity index (χ3n) is 3.01. The molecule has 4 heteroatoms. The Morgan fingerprint density at radius 3 is 2.76 bits per heavy atom. The van der Waals surface area contributed by atoms with Crippen molar-refractivity contribution in [1.82, 2.24) is 15.3 Å². The minimum absolute atomic E-state index is 0.302. The average molecular weight is 236 g/mol. The first-order valence-corrected chi connectivity index (χ1v) is 6.28. The Kier molecular flexibility index (Phi) is 5.35. The fourth-order valence-electron chi connectivity index (χ4n) is 1.31. The normalized spacial score (nSPS) is 11.5. The number of aromatic nitrogens is 2. The van der Waals surface area contributed by atoms with E-state index in [1.807, 2.05) is 19.3 Å².